The molecular formula is C13H19BrN2O. The lowest BCUT2D eigenvalue weighted by Gasteiger charge is -2.08. The molecule has 0 bridgehead atoms. The Hall–Kier alpha value is -0.870. The van der Waals surface area contributed by atoms with E-state index in [9.17, 15) is 4.79 Å². The lowest BCUT2D eigenvalue weighted by Crippen LogP contribution is -2.32. The van der Waals surface area contributed by atoms with E-state index in [1.807, 2.05) is 25.1 Å². The Bertz CT molecular complexity index is 380. The standard InChI is InChI=1S/C13H19BrN2O/c1-3-6-15-7-8-16-13(17)11-9-10(2)4-5-12(11)14/h4-5,9,15H,3,6-8H2,1-2H3,(H,16,17). The molecule has 0 aromatic heterocycles. The maximum absolute atomic E-state index is 11.9. The molecule has 1 aromatic rings. The van der Waals surface area contributed by atoms with E-state index in [1.165, 1.54) is 0 Å². The molecule has 0 aliphatic heterocycles. The van der Waals surface area contributed by atoms with Crippen molar-refractivity contribution >= 4 is 21.8 Å². The number of amides is 1. The molecule has 1 aromatic carbocycles. The summed E-state index contributed by atoms with van der Waals surface area (Å²) in [4.78, 5) is 11.9. The van der Waals surface area contributed by atoms with E-state index in [2.05, 4.69) is 33.5 Å². The molecule has 0 saturated carbocycles. The molecule has 4 heteroatoms. The lowest BCUT2D eigenvalue weighted by molar-refractivity contribution is 0.0953. The number of halogens is 1. The summed E-state index contributed by atoms with van der Waals surface area (Å²) < 4.78 is 0.835. The minimum atomic E-state index is -0.0288. The summed E-state index contributed by atoms with van der Waals surface area (Å²) in [6, 6.07) is 5.77. The van der Waals surface area contributed by atoms with Gasteiger partial charge in [-0.25, -0.2) is 0 Å². The van der Waals surface area contributed by atoms with Crippen molar-refractivity contribution in [1.82, 2.24) is 10.6 Å². The fourth-order valence-electron chi connectivity index (χ4n) is 1.47. The minimum absolute atomic E-state index is 0.0288. The number of hydrogen-bond acceptors (Lipinski definition) is 2. The number of aryl methyl sites for hydroxylation is 1. The number of nitrogens with one attached hydrogen (secondary N) is 2. The summed E-state index contributed by atoms with van der Waals surface area (Å²) in [6.07, 6.45) is 1.11. The number of benzene rings is 1. The van der Waals surface area contributed by atoms with Gasteiger partial charge in [0.25, 0.3) is 5.91 Å². The number of carbonyl (C=O) groups excluding carboxylic acids is 1. The SMILES string of the molecule is CCCNCCNC(=O)c1cc(C)ccc1Br. The molecule has 0 spiro atoms. The van der Waals surface area contributed by atoms with Gasteiger partial charge in [-0.3, -0.25) is 4.79 Å². The highest BCUT2D eigenvalue weighted by Gasteiger charge is 2.08. The van der Waals surface area contributed by atoms with Crippen molar-refractivity contribution in [2.24, 2.45) is 0 Å². The van der Waals surface area contributed by atoms with E-state index in [0.29, 0.717) is 12.1 Å². The zero-order valence-corrected chi connectivity index (χ0v) is 11.9. The first kappa shape index (κ1) is 14.2. The molecule has 94 valence electrons. The van der Waals surface area contributed by atoms with Gasteiger partial charge in [-0.2, -0.15) is 0 Å². The lowest BCUT2D eigenvalue weighted by atomic mass is 10.1. The summed E-state index contributed by atoms with van der Waals surface area (Å²) in [7, 11) is 0. The molecule has 0 fully saturated rings. The van der Waals surface area contributed by atoms with Gasteiger partial charge in [-0.05, 0) is 48.0 Å². The molecular weight excluding hydrogens is 280 g/mol. The molecule has 0 radical (unpaired) electrons. The van der Waals surface area contributed by atoms with E-state index >= 15 is 0 Å². The molecule has 17 heavy (non-hydrogen) atoms. The van der Waals surface area contributed by atoms with Crippen LogP contribution in [0.2, 0.25) is 0 Å². The van der Waals surface area contributed by atoms with Crippen LogP contribution in [0.15, 0.2) is 22.7 Å². The van der Waals surface area contributed by atoms with Crippen LogP contribution in [0, 0.1) is 6.92 Å². The zero-order chi connectivity index (χ0) is 12.7. The first-order chi connectivity index (χ1) is 8.15. The highest BCUT2D eigenvalue weighted by atomic mass is 79.9. The predicted molar refractivity (Wildman–Crippen MR) is 74.4 cm³/mol. The molecule has 0 atom stereocenters. The van der Waals surface area contributed by atoms with Crippen LogP contribution in [-0.4, -0.2) is 25.5 Å². The Morgan fingerprint density at radius 1 is 1.29 bits per heavy atom. The Morgan fingerprint density at radius 2 is 2.06 bits per heavy atom. The zero-order valence-electron chi connectivity index (χ0n) is 10.3. The normalized spacial score (nSPS) is 10.3. The number of rotatable bonds is 6. The van der Waals surface area contributed by atoms with Crippen LogP contribution < -0.4 is 10.6 Å². The highest BCUT2D eigenvalue weighted by Crippen LogP contribution is 2.17. The van der Waals surface area contributed by atoms with Crippen molar-refractivity contribution in [3.63, 3.8) is 0 Å². The monoisotopic (exact) mass is 298 g/mol. The Balaban J connectivity index is 2.44. The van der Waals surface area contributed by atoms with Crippen molar-refractivity contribution in [3.8, 4) is 0 Å². The van der Waals surface area contributed by atoms with Crippen molar-refractivity contribution in [1.29, 1.82) is 0 Å². The van der Waals surface area contributed by atoms with Crippen molar-refractivity contribution < 1.29 is 4.79 Å². The van der Waals surface area contributed by atoms with Gasteiger partial charge in [-0.15, -0.1) is 0 Å². The average molecular weight is 299 g/mol. The maximum Gasteiger partial charge on any atom is 0.252 e. The van der Waals surface area contributed by atoms with Crippen LogP contribution in [-0.2, 0) is 0 Å². The molecule has 0 aliphatic carbocycles. The quantitative estimate of drug-likeness (QED) is 0.792. The predicted octanol–water partition coefficient (Wildman–Crippen LogP) is 2.49. The molecule has 3 nitrogen and oxygen atoms in total. The van der Waals surface area contributed by atoms with Crippen LogP contribution in [0.4, 0.5) is 0 Å². The average Bonchev–Trinajstić information content (AvgIpc) is 2.32. The second-order valence-electron chi connectivity index (χ2n) is 3.99. The van der Waals surface area contributed by atoms with Gasteiger partial charge in [0.05, 0.1) is 5.56 Å². The first-order valence-corrected chi connectivity index (χ1v) is 6.69. The first-order valence-electron chi connectivity index (χ1n) is 5.90. The van der Waals surface area contributed by atoms with Gasteiger partial charge in [0, 0.05) is 17.6 Å². The van der Waals surface area contributed by atoms with Crippen LogP contribution in [0.1, 0.15) is 29.3 Å². The fraction of sp³-hybridized carbons (Fsp3) is 0.462. The molecule has 2 N–H and O–H groups in total. The fourth-order valence-corrected chi connectivity index (χ4v) is 1.90. The third kappa shape index (κ3) is 4.88. The second kappa shape index (κ2) is 7.45. The van der Waals surface area contributed by atoms with Gasteiger partial charge in [0.15, 0.2) is 0 Å². The Morgan fingerprint density at radius 3 is 2.76 bits per heavy atom. The molecule has 0 heterocycles. The van der Waals surface area contributed by atoms with Crippen LogP contribution >= 0.6 is 15.9 Å². The Labute approximate surface area is 111 Å². The smallest absolute Gasteiger partial charge is 0.252 e. The van der Waals surface area contributed by atoms with Crippen LogP contribution in [0.25, 0.3) is 0 Å². The van der Waals surface area contributed by atoms with Crippen molar-refractivity contribution in [3.05, 3.63) is 33.8 Å². The summed E-state index contributed by atoms with van der Waals surface area (Å²) in [5, 5.41) is 6.14. The topological polar surface area (TPSA) is 41.1 Å². The van der Waals surface area contributed by atoms with Gasteiger partial charge >= 0.3 is 0 Å². The summed E-state index contributed by atoms with van der Waals surface area (Å²) in [6.45, 7) is 6.55. The van der Waals surface area contributed by atoms with Crippen molar-refractivity contribution in [2.75, 3.05) is 19.6 Å². The highest BCUT2D eigenvalue weighted by molar-refractivity contribution is 9.10. The van der Waals surface area contributed by atoms with Gasteiger partial charge in [0.2, 0.25) is 0 Å². The molecule has 0 saturated heterocycles. The second-order valence-corrected chi connectivity index (χ2v) is 4.84. The minimum Gasteiger partial charge on any atom is -0.351 e. The van der Waals surface area contributed by atoms with Gasteiger partial charge in [-0.1, -0.05) is 18.6 Å². The largest absolute Gasteiger partial charge is 0.351 e. The number of hydrogen-bond donors (Lipinski definition) is 2. The summed E-state index contributed by atoms with van der Waals surface area (Å²) >= 11 is 3.39. The number of carbonyl (C=O) groups is 1. The van der Waals surface area contributed by atoms with Crippen molar-refractivity contribution in [2.45, 2.75) is 20.3 Å². The van der Waals surface area contributed by atoms with Crippen LogP contribution in [0.3, 0.4) is 0 Å². The van der Waals surface area contributed by atoms with E-state index in [1.54, 1.807) is 0 Å². The van der Waals surface area contributed by atoms with Crippen LogP contribution in [0.5, 0.6) is 0 Å². The van der Waals surface area contributed by atoms with Gasteiger partial charge < -0.3 is 10.6 Å². The maximum atomic E-state index is 11.9. The molecule has 1 rings (SSSR count). The molecule has 0 unspecified atom stereocenters. The third-order valence-electron chi connectivity index (χ3n) is 2.38. The summed E-state index contributed by atoms with van der Waals surface area (Å²) in [5.41, 5.74) is 1.78. The van der Waals surface area contributed by atoms with E-state index in [4.69, 9.17) is 0 Å². The van der Waals surface area contributed by atoms with E-state index in [0.717, 1.165) is 29.5 Å². The summed E-state index contributed by atoms with van der Waals surface area (Å²) in [5.74, 6) is -0.0288. The third-order valence-corrected chi connectivity index (χ3v) is 3.07. The molecule has 1 amide bonds. The molecule has 0 aliphatic rings. The Kier molecular flexibility index (Phi) is 6.22. The van der Waals surface area contributed by atoms with E-state index < -0.39 is 0 Å². The van der Waals surface area contributed by atoms with Gasteiger partial charge in [0.1, 0.15) is 0 Å². The van der Waals surface area contributed by atoms with E-state index in [-0.39, 0.29) is 5.91 Å².